The highest BCUT2D eigenvalue weighted by Crippen LogP contribution is 2.26. The SMILES string of the molecule is CCCC(CCO)CNS(=O)(=O)c1ccc(N)cc1OC. The molecule has 21 heavy (non-hydrogen) atoms. The summed E-state index contributed by atoms with van der Waals surface area (Å²) in [4.78, 5) is 0.0680. The van der Waals surface area contributed by atoms with Gasteiger partial charge in [-0.1, -0.05) is 13.3 Å². The smallest absolute Gasteiger partial charge is 0.244 e. The summed E-state index contributed by atoms with van der Waals surface area (Å²) in [6, 6.07) is 4.43. The number of anilines is 1. The van der Waals surface area contributed by atoms with Gasteiger partial charge in [0.25, 0.3) is 0 Å². The van der Waals surface area contributed by atoms with Crippen LogP contribution in [0.25, 0.3) is 0 Å². The quantitative estimate of drug-likeness (QED) is 0.597. The normalized spacial score (nSPS) is 13.1. The van der Waals surface area contributed by atoms with E-state index in [0.717, 1.165) is 12.8 Å². The van der Waals surface area contributed by atoms with Crippen molar-refractivity contribution in [2.45, 2.75) is 31.1 Å². The fourth-order valence-electron chi connectivity index (χ4n) is 2.15. The maximum atomic E-state index is 12.3. The van der Waals surface area contributed by atoms with Gasteiger partial charge in [0, 0.05) is 24.9 Å². The predicted octanol–water partition coefficient (Wildman–Crippen LogP) is 1.35. The molecule has 0 fully saturated rings. The van der Waals surface area contributed by atoms with Crippen LogP contribution in [-0.4, -0.2) is 33.8 Å². The van der Waals surface area contributed by atoms with Crippen LogP contribution in [0.2, 0.25) is 0 Å². The first kappa shape index (κ1) is 17.7. The number of nitrogens with one attached hydrogen (secondary N) is 1. The minimum Gasteiger partial charge on any atom is -0.495 e. The van der Waals surface area contributed by atoms with E-state index in [1.807, 2.05) is 6.92 Å². The maximum absolute atomic E-state index is 12.3. The number of nitrogens with two attached hydrogens (primary N) is 1. The van der Waals surface area contributed by atoms with Crippen molar-refractivity contribution in [2.75, 3.05) is 26.0 Å². The molecule has 0 amide bonds. The van der Waals surface area contributed by atoms with Gasteiger partial charge in [-0.2, -0.15) is 0 Å². The van der Waals surface area contributed by atoms with E-state index < -0.39 is 10.0 Å². The van der Waals surface area contributed by atoms with E-state index in [-0.39, 0.29) is 23.2 Å². The lowest BCUT2D eigenvalue weighted by atomic mass is 10.0. The van der Waals surface area contributed by atoms with Crippen LogP contribution in [0.5, 0.6) is 5.75 Å². The van der Waals surface area contributed by atoms with Crippen molar-refractivity contribution < 1.29 is 18.3 Å². The molecule has 0 heterocycles. The topological polar surface area (TPSA) is 102 Å². The number of sulfonamides is 1. The van der Waals surface area contributed by atoms with E-state index in [0.29, 0.717) is 18.7 Å². The maximum Gasteiger partial charge on any atom is 0.244 e. The second-order valence-electron chi connectivity index (χ2n) is 4.93. The summed E-state index contributed by atoms with van der Waals surface area (Å²) in [6.45, 7) is 2.38. The molecule has 6 nitrogen and oxygen atoms in total. The summed E-state index contributed by atoms with van der Waals surface area (Å²) in [5.41, 5.74) is 6.06. The molecule has 1 atom stereocenters. The Morgan fingerprint density at radius 3 is 2.67 bits per heavy atom. The van der Waals surface area contributed by atoms with Crippen molar-refractivity contribution in [3.05, 3.63) is 18.2 Å². The van der Waals surface area contributed by atoms with E-state index in [9.17, 15) is 8.42 Å². The molecule has 1 aromatic carbocycles. The molecule has 0 aliphatic heterocycles. The average Bonchev–Trinajstić information content (AvgIpc) is 2.45. The van der Waals surface area contributed by atoms with Crippen LogP contribution in [0.1, 0.15) is 26.2 Å². The van der Waals surface area contributed by atoms with Gasteiger partial charge in [0.2, 0.25) is 10.0 Å². The number of aliphatic hydroxyl groups excluding tert-OH is 1. The minimum absolute atomic E-state index is 0.0532. The fourth-order valence-corrected chi connectivity index (χ4v) is 3.42. The van der Waals surface area contributed by atoms with Crippen molar-refractivity contribution in [1.29, 1.82) is 0 Å². The molecule has 0 radical (unpaired) electrons. The molecule has 0 aliphatic rings. The van der Waals surface area contributed by atoms with Crippen molar-refractivity contribution in [2.24, 2.45) is 5.92 Å². The molecular formula is C14H24N2O4S. The average molecular weight is 316 g/mol. The van der Waals surface area contributed by atoms with E-state index in [1.54, 1.807) is 0 Å². The van der Waals surface area contributed by atoms with Gasteiger partial charge < -0.3 is 15.6 Å². The van der Waals surface area contributed by atoms with Gasteiger partial charge in [-0.15, -0.1) is 0 Å². The molecule has 1 unspecified atom stereocenters. The van der Waals surface area contributed by atoms with Crippen LogP contribution in [0.4, 0.5) is 5.69 Å². The van der Waals surface area contributed by atoms with E-state index in [2.05, 4.69) is 4.72 Å². The molecule has 1 rings (SSSR count). The Labute approximate surface area is 126 Å². The second kappa shape index (κ2) is 8.21. The Morgan fingerprint density at radius 2 is 2.10 bits per heavy atom. The number of hydrogen-bond acceptors (Lipinski definition) is 5. The second-order valence-corrected chi connectivity index (χ2v) is 6.66. The Bertz CT molecular complexity index is 540. The molecule has 0 saturated carbocycles. The number of methoxy groups -OCH3 is 1. The highest BCUT2D eigenvalue weighted by molar-refractivity contribution is 7.89. The van der Waals surface area contributed by atoms with E-state index >= 15 is 0 Å². The molecular weight excluding hydrogens is 292 g/mol. The van der Waals surface area contributed by atoms with Gasteiger partial charge in [-0.25, -0.2) is 13.1 Å². The number of nitrogen functional groups attached to an aromatic ring is 1. The monoisotopic (exact) mass is 316 g/mol. The van der Waals surface area contributed by atoms with Crippen molar-refractivity contribution in [3.63, 3.8) is 0 Å². The van der Waals surface area contributed by atoms with Gasteiger partial charge >= 0.3 is 0 Å². The van der Waals surface area contributed by atoms with Crippen LogP contribution in [-0.2, 0) is 10.0 Å². The van der Waals surface area contributed by atoms with Crippen LogP contribution in [0.15, 0.2) is 23.1 Å². The lowest BCUT2D eigenvalue weighted by Crippen LogP contribution is -2.30. The van der Waals surface area contributed by atoms with Gasteiger partial charge in [-0.3, -0.25) is 0 Å². The number of benzene rings is 1. The summed E-state index contributed by atoms with van der Waals surface area (Å²) in [6.07, 6.45) is 2.38. The molecule has 7 heteroatoms. The molecule has 0 aliphatic carbocycles. The molecule has 1 aromatic rings. The molecule has 120 valence electrons. The minimum atomic E-state index is -3.66. The van der Waals surface area contributed by atoms with Crippen molar-refractivity contribution in [3.8, 4) is 5.75 Å². The first-order valence-corrected chi connectivity index (χ1v) is 8.47. The zero-order chi connectivity index (χ0) is 15.9. The third kappa shape index (κ3) is 5.18. The summed E-state index contributed by atoms with van der Waals surface area (Å²) < 4.78 is 32.3. The number of ether oxygens (including phenoxy) is 1. The van der Waals surface area contributed by atoms with Gasteiger partial charge in [0.1, 0.15) is 10.6 Å². The Balaban J connectivity index is 2.86. The van der Waals surface area contributed by atoms with Crippen molar-refractivity contribution in [1.82, 2.24) is 4.72 Å². The highest BCUT2D eigenvalue weighted by Gasteiger charge is 2.20. The highest BCUT2D eigenvalue weighted by atomic mass is 32.2. The number of aliphatic hydroxyl groups is 1. The predicted molar refractivity (Wildman–Crippen MR) is 82.7 cm³/mol. The molecule has 0 saturated heterocycles. The van der Waals surface area contributed by atoms with Gasteiger partial charge in [0.05, 0.1) is 7.11 Å². The Kier molecular flexibility index (Phi) is 6.94. The Morgan fingerprint density at radius 1 is 1.38 bits per heavy atom. The first-order chi connectivity index (χ1) is 9.94. The lowest BCUT2D eigenvalue weighted by molar-refractivity contribution is 0.251. The van der Waals surface area contributed by atoms with Crippen molar-refractivity contribution >= 4 is 15.7 Å². The summed E-state index contributed by atoms with van der Waals surface area (Å²) in [7, 11) is -2.26. The zero-order valence-corrected chi connectivity index (χ0v) is 13.3. The summed E-state index contributed by atoms with van der Waals surface area (Å²) in [5.74, 6) is 0.339. The van der Waals surface area contributed by atoms with Gasteiger partial charge in [-0.05, 0) is 30.9 Å². The number of rotatable bonds is 9. The third-order valence-corrected chi connectivity index (χ3v) is 4.74. The molecule has 0 spiro atoms. The third-order valence-electron chi connectivity index (χ3n) is 3.27. The molecule has 0 aromatic heterocycles. The molecule has 4 N–H and O–H groups in total. The fraction of sp³-hybridized carbons (Fsp3) is 0.571. The van der Waals surface area contributed by atoms with E-state index in [4.69, 9.17) is 15.6 Å². The van der Waals surface area contributed by atoms with Gasteiger partial charge in [0.15, 0.2) is 0 Å². The van der Waals surface area contributed by atoms with Crippen LogP contribution in [0.3, 0.4) is 0 Å². The largest absolute Gasteiger partial charge is 0.495 e. The standard InChI is InChI=1S/C14H24N2O4S/c1-3-4-11(7-8-17)10-16-21(18,19)14-6-5-12(15)9-13(14)20-2/h5-6,9,11,16-17H,3-4,7-8,10,15H2,1-2H3. The van der Waals surface area contributed by atoms with E-state index in [1.165, 1.54) is 25.3 Å². The van der Waals surface area contributed by atoms with Crippen LogP contribution in [0, 0.1) is 5.92 Å². The summed E-state index contributed by atoms with van der Waals surface area (Å²) in [5, 5.41) is 9.01. The number of hydrogen-bond donors (Lipinski definition) is 3. The lowest BCUT2D eigenvalue weighted by Gasteiger charge is -2.17. The zero-order valence-electron chi connectivity index (χ0n) is 12.5. The van der Waals surface area contributed by atoms with Crippen LogP contribution < -0.4 is 15.2 Å². The molecule has 0 bridgehead atoms. The Hall–Kier alpha value is -1.31. The van der Waals surface area contributed by atoms with Crippen LogP contribution >= 0.6 is 0 Å². The summed E-state index contributed by atoms with van der Waals surface area (Å²) >= 11 is 0. The first-order valence-electron chi connectivity index (χ1n) is 6.98.